The van der Waals surface area contributed by atoms with Crippen molar-refractivity contribution in [1.82, 2.24) is 9.62 Å². The van der Waals surface area contributed by atoms with Gasteiger partial charge < -0.3 is 5.32 Å². The average molecular weight is 316 g/mol. The van der Waals surface area contributed by atoms with E-state index in [2.05, 4.69) is 19.2 Å². The molecular weight excluding hydrogens is 292 g/mol. The van der Waals surface area contributed by atoms with Crippen LogP contribution >= 0.6 is 11.3 Å². The normalized spacial score (nSPS) is 24.4. The Bertz CT molecular complexity index is 539. The number of nitrogens with zero attached hydrogens (tertiary/aromatic N) is 1. The Morgan fingerprint density at radius 3 is 2.75 bits per heavy atom. The molecule has 1 fully saturated rings. The molecule has 0 amide bonds. The van der Waals surface area contributed by atoms with Crippen LogP contribution in [0.3, 0.4) is 0 Å². The number of hydrogen-bond donors (Lipinski definition) is 1. The van der Waals surface area contributed by atoms with Crippen molar-refractivity contribution in [2.75, 3.05) is 19.6 Å². The quantitative estimate of drug-likeness (QED) is 0.820. The molecule has 0 saturated carbocycles. The largest absolute Gasteiger partial charge is 0.317 e. The Hall–Kier alpha value is -0.430. The van der Waals surface area contributed by atoms with Crippen LogP contribution < -0.4 is 5.32 Å². The van der Waals surface area contributed by atoms with Crippen LogP contribution in [-0.2, 0) is 16.4 Å². The van der Waals surface area contributed by atoms with E-state index >= 15 is 0 Å². The summed E-state index contributed by atoms with van der Waals surface area (Å²) in [6.07, 6.45) is 1.85. The monoisotopic (exact) mass is 316 g/mol. The molecule has 2 rings (SSSR count). The first-order chi connectivity index (χ1) is 9.45. The fourth-order valence-electron chi connectivity index (χ4n) is 2.73. The van der Waals surface area contributed by atoms with Crippen molar-refractivity contribution in [3.63, 3.8) is 0 Å². The van der Waals surface area contributed by atoms with E-state index in [-0.39, 0.29) is 6.04 Å². The highest BCUT2D eigenvalue weighted by molar-refractivity contribution is 7.91. The second-order valence-electron chi connectivity index (χ2n) is 5.59. The lowest BCUT2D eigenvalue weighted by molar-refractivity contribution is 0.407. The van der Waals surface area contributed by atoms with E-state index in [1.807, 2.05) is 13.0 Å². The van der Waals surface area contributed by atoms with Gasteiger partial charge >= 0.3 is 0 Å². The summed E-state index contributed by atoms with van der Waals surface area (Å²) in [5, 5.41) is 3.26. The Morgan fingerprint density at radius 2 is 2.15 bits per heavy atom. The lowest BCUT2D eigenvalue weighted by Crippen LogP contribution is -2.33. The van der Waals surface area contributed by atoms with Crippen molar-refractivity contribution < 1.29 is 8.42 Å². The zero-order valence-electron chi connectivity index (χ0n) is 12.4. The minimum Gasteiger partial charge on any atom is -0.317 e. The first-order valence-electron chi connectivity index (χ1n) is 7.26. The maximum atomic E-state index is 12.7. The maximum absolute atomic E-state index is 12.7. The van der Waals surface area contributed by atoms with Gasteiger partial charge in [0.05, 0.1) is 0 Å². The van der Waals surface area contributed by atoms with Crippen molar-refractivity contribution in [3.05, 3.63) is 17.0 Å². The summed E-state index contributed by atoms with van der Waals surface area (Å²) >= 11 is 1.41. The highest BCUT2D eigenvalue weighted by Gasteiger charge is 2.36. The van der Waals surface area contributed by atoms with Crippen LogP contribution in [0.5, 0.6) is 0 Å². The van der Waals surface area contributed by atoms with Crippen LogP contribution in [0.2, 0.25) is 0 Å². The summed E-state index contributed by atoms with van der Waals surface area (Å²) < 4.78 is 27.5. The zero-order chi connectivity index (χ0) is 14.8. The molecule has 0 spiro atoms. The van der Waals surface area contributed by atoms with Crippen molar-refractivity contribution in [2.24, 2.45) is 5.92 Å². The molecule has 2 heterocycles. The zero-order valence-corrected chi connectivity index (χ0v) is 14.1. The van der Waals surface area contributed by atoms with Crippen molar-refractivity contribution >= 4 is 21.4 Å². The average Bonchev–Trinajstić information content (AvgIpc) is 2.97. The van der Waals surface area contributed by atoms with Crippen LogP contribution in [0.15, 0.2) is 16.3 Å². The molecule has 2 unspecified atom stereocenters. The molecule has 4 nitrogen and oxygen atoms in total. The van der Waals surface area contributed by atoms with Gasteiger partial charge in [-0.05, 0) is 50.9 Å². The standard InChI is InChI=1S/C14H24N2O2S2/c1-4-15-8-7-13-5-6-14(19-13)20(17,18)16-10-11(2)9-12(16)3/h5-6,11-12,15H,4,7-10H2,1-3H3. The summed E-state index contributed by atoms with van der Waals surface area (Å²) in [5.74, 6) is 0.452. The second-order valence-corrected chi connectivity index (χ2v) is 8.87. The summed E-state index contributed by atoms with van der Waals surface area (Å²) in [4.78, 5) is 1.13. The minimum absolute atomic E-state index is 0.113. The number of nitrogens with one attached hydrogen (secondary N) is 1. The van der Waals surface area contributed by atoms with Gasteiger partial charge in [0.2, 0.25) is 0 Å². The molecule has 0 radical (unpaired) electrons. The first-order valence-corrected chi connectivity index (χ1v) is 9.52. The molecule has 2 atom stereocenters. The van der Waals surface area contributed by atoms with Gasteiger partial charge in [0.1, 0.15) is 4.21 Å². The molecule has 0 bridgehead atoms. The number of likely N-dealkylation sites (N-methyl/N-ethyl adjacent to an activating group) is 1. The van der Waals surface area contributed by atoms with Crippen molar-refractivity contribution in [2.45, 2.75) is 43.9 Å². The molecule has 6 heteroatoms. The molecule has 0 aromatic carbocycles. The maximum Gasteiger partial charge on any atom is 0.252 e. The SMILES string of the molecule is CCNCCc1ccc(S(=O)(=O)N2CC(C)CC2C)s1. The highest BCUT2D eigenvalue weighted by atomic mass is 32.2. The molecule has 114 valence electrons. The van der Waals surface area contributed by atoms with Gasteiger partial charge in [-0.25, -0.2) is 8.42 Å². The molecule has 1 saturated heterocycles. The minimum atomic E-state index is -3.30. The predicted octanol–water partition coefficient (Wildman–Crippen LogP) is 2.32. The second kappa shape index (κ2) is 6.56. The third-order valence-electron chi connectivity index (χ3n) is 3.72. The predicted molar refractivity (Wildman–Crippen MR) is 83.7 cm³/mol. The van der Waals surface area contributed by atoms with Gasteiger partial charge in [-0.1, -0.05) is 13.8 Å². The molecule has 1 aromatic rings. The topological polar surface area (TPSA) is 49.4 Å². The van der Waals surface area contributed by atoms with Crippen LogP contribution in [0, 0.1) is 5.92 Å². The van der Waals surface area contributed by atoms with E-state index in [0.717, 1.165) is 30.8 Å². The highest BCUT2D eigenvalue weighted by Crippen LogP contribution is 2.32. The summed E-state index contributed by atoms with van der Waals surface area (Å²) in [7, 11) is -3.30. The first kappa shape index (κ1) is 15.9. The summed E-state index contributed by atoms with van der Waals surface area (Å²) in [6, 6.07) is 3.82. The lowest BCUT2D eigenvalue weighted by Gasteiger charge is -2.19. The van der Waals surface area contributed by atoms with E-state index in [0.29, 0.717) is 16.7 Å². The fraction of sp³-hybridized carbons (Fsp3) is 0.714. The van der Waals surface area contributed by atoms with Crippen molar-refractivity contribution in [1.29, 1.82) is 0 Å². The van der Waals surface area contributed by atoms with Gasteiger partial charge in [-0.2, -0.15) is 4.31 Å². The van der Waals surface area contributed by atoms with E-state index in [1.54, 1.807) is 10.4 Å². The Labute approximate surface area is 126 Å². The third kappa shape index (κ3) is 3.42. The Kier molecular flexibility index (Phi) is 5.23. The van der Waals surface area contributed by atoms with E-state index in [9.17, 15) is 8.42 Å². The summed E-state index contributed by atoms with van der Waals surface area (Å²) in [6.45, 7) is 8.67. The van der Waals surface area contributed by atoms with Crippen molar-refractivity contribution in [3.8, 4) is 0 Å². The van der Waals surface area contributed by atoms with Crippen LogP contribution in [0.4, 0.5) is 0 Å². The number of rotatable bonds is 6. The third-order valence-corrected chi connectivity index (χ3v) is 7.32. The van der Waals surface area contributed by atoms with Gasteiger partial charge in [-0.3, -0.25) is 0 Å². The molecule has 20 heavy (non-hydrogen) atoms. The Morgan fingerprint density at radius 1 is 1.40 bits per heavy atom. The fourth-order valence-corrected chi connectivity index (χ4v) is 5.98. The molecule has 1 aliphatic rings. The van der Waals surface area contributed by atoms with Crippen LogP contribution in [-0.4, -0.2) is 38.4 Å². The lowest BCUT2D eigenvalue weighted by atomic mass is 10.1. The molecular formula is C14H24N2O2S2. The summed E-state index contributed by atoms with van der Waals surface area (Å²) in [5.41, 5.74) is 0. The molecule has 0 aliphatic carbocycles. The van der Waals surface area contributed by atoms with Gasteiger partial charge in [0.15, 0.2) is 0 Å². The van der Waals surface area contributed by atoms with Gasteiger partial charge in [0.25, 0.3) is 10.0 Å². The van der Waals surface area contributed by atoms with Gasteiger partial charge in [0, 0.05) is 17.5 Å². The molecule has 1 aromatic heterocycles. The number of thiophene rings is 1. The molecule has 1 N–H and O–H groups in total. The molecule has 1 aliphatic heterocycles. The van der Waals surface area contributed by atoms with E-state index < -0.39 is 10.0 Å². The van der Waals surface area contributed by atoms with E-state index in [1.165, 1.54) is 11.3 Å². The number of sulfonamides is 1. The van der Waals surface area contributed by atoms with Crippen LogP contribution in [0.25, 0.3) is 0 Å². The van der Waals surface area contributed by atoms with Gasteiger partial charge in [-0.15, -0.1) is 11.3 Å². The number of hydrogen-bond acceptors (Lipinski definition) is 4. The van der Waals surface area contributed by atoms with E-state index in [4.69, 9.17) is 0 Å². The Balaban J connectivity index is 2.10. The van der Waals surface area contributed by atoms with Crippen LogP contribution in [0.1, 0.15) is 32.1 Å². The smallest absolute Gasteiger partial charge is 0.252 e.